The van der Waals surface area contributed by atoms with E-state index < -0.39 is 86.3 Å². The van der Waals surface area contributed by atoms with Gasteiger partial charge in [0, 0.05) is 0 Å². The first-order valence-electron chi connectivity index (χ1n) is 13.6. The van der Waals surface area contributed by atoms with E-state index in [0.29, 0.717) is 0 Å². The van der Waals surface area contributed by atoms with Crippen molar-refractivity contribution < 1.29 is 36.1 Å². The molecule has 8 nitrogen and oxygen atoms in total. The third kappa shape index (κ3) is 17.7. The van der Waals surface area contributed by atoms with Crippen molar-refractivity contribution in [1.29, 1.82) is 0 Å². The van der Waals surface area contributed by atoms with Crippen LogP contribution in [0.5, 0.6) is 0 Å². The first-order chi connectivity index (χ1) is 16.4. The van der Waals surface area contributed by atoms with Crippen LogP contribution in [0.4, 0.5) is 0 Å². The normalized spacial score (nSPS) is 17.4. The zero-order valence-electron chi connectivity index (χ0n) is 27.6. The smallest absolute Gasteiger partial charge is 0.323 e. The van der Waals surface area contributed by atoms with Crippen LogP contribution >= 0.6 is 0 Å². The summed E-state index contributed by atoms with van der Waals surface area (Å²) in [7, 11) is -13.7. The Morgan fingerprint density at radius 1 is 0.368 bits per heavy atom. The van der Waals surface area contributed by atoms with Crippen molar-refractivity contribution in [3.8, 4) is 0 Å². The molecule has 0 aliphatic heterocycles. The van der Waals surface area contributed by atoms with Crippen LogP contribution in [0.2, 0.25) is 118 Å². The topological polar surface area (TPSA) is 89.5 Å². The van der Waals surface area contributed by atoms with Gasteiger partial charge in [-0.05, 0) is 118 Å². The van der Waals surface area contributed by atoms with Crippen molar-refractivity contribution in [1.82, 2.24) is 0 Å². The van der Waals surface area contributed by atoms with E-state index in [-0.39, 0.29) is 0 Å². The molecule has 0 unspecified atom stereocenters. The zero-order chi connectivity index (χ0) is 30.7. The number of rotatable bonds is 15. The molecule has 14 heteroatoms. The molecule has 0 aromatic heterocycles. The summed E-state index contributed by atoms with van der Waals surface area (Å²) in [6, 6.07) is 0. The molecule has 0 N–H and O–H groups in total. The Hall–Kier alpha value is 0.0813. The van der Waals surface area contributed by atoms with Crippen LogP contribution in [0, 0.1) is 0 Å². The van der Waals surface area contributed by atoms with E-state index in [0.717, 1.165) is 0 Å². The first kappa shape index (κ1) is 38.1. The van der Waals surface area contributed by atoms with Gasteiger partial charge in [-0.3, -0.25) is 9.59 Å². The lowest BCUT2D eigenvalue weighted by Gasteiger charge is -2.44. The molecule has 0 amide bonds. The zero-order valence-corrected chi connectivity index (χ0v) is 33.6. The van der Waals surface area contributed by atoms with E-state index in [2.05, 4.69) is 39.3 Å². The fourth-order valence-electron chi connectivity index (χ4n) is 3.40. The van der Waals surface area contributed by atoms with Gasteiger partial charge >= 0.3 is 11.9 Å². The van der Waals surface area contributed by atoms with E-state index in [1.54, 1.807) is 0 Å². The second kappa shape index (κ2) is 13.4. The van der Waals surface area contributed by atoms with Gasteiger partial charge in [0.1, 0.15) is 12.2 Å². The minimum absolute atomic E-state index is 0.468. The minimum Gasteiger partial charge on any atom is -0.518 e. The van der Waals surface area contributed by atoms with Gasteiger partial charge in [0.25, 0.3) is 0 Å². The highest BCUT2D eigenvalue weighted by Gasteiger charge is 2.51. The molecule has 4 atom stereocenters. The fraction of sp³-hybridized carbons (Fsp3) is 0.917. The van der Waals surface area contributed by atoms with Crippen molar-refractivity contribution >= 4 is 61.8 Å². The summed E-state index contributed by atoms with van der Waals surface area (Å²) in [6.07, 6.45) is -3.93. The summed E-state index contributed by atoms with van der Waals surface area (Å²) in [5, 5.41) is 0. The van der Waals surface area contributed by atoms with E-state index in [1.807, 2.05) is 78.6 Å². The Labute approximate surface area is 239 Å². The number of carbonyl (C=O) groups is 2. The van der Waals surface area contributed by atoms with Gasteiger partial charge in [0.05, 0.1) is 0 Å². The molecule has 0 bridgehead atoms. The quantitative estimate of drug-likeness (QED) is 0.184. The molecule has 0 spiro atoms. The highest BCUT2D eigenvalue weighted by atomic mass is 28.4. The van der Waals surface area contributed by atoms with Gasteiger partial charge in [-0.15, -0.1) is 0 Å². The lowest BCUT2D eigenvalue weighted by molar-refractivity contribution is -0.164. The van der Waals surface area contributed by atoms with Gasteiger partial charge in [0.2, 0.25) is 16.6 Å². The standard InChI is InChI=1S/C24H58O8Si6/c1-33(2,3)27-19(21(29-35(7,8)9)23(25)31-37(13,14)15)20(28-34(4,5)6)22(30-36(10,11)12)24(26)32-38(16,17)18/h19-22H,1-18H3/t19-,20+,21+,22-. The van der Waals surface area contributed by atoms with Crippen molar-refractivity contribution in [2.75, 3.05) is 0 Å². The average molecular weight is 643 g/mol. The minimum atomic E-state index is -2.30. The second-order valence-corrected chi connectivity index (χ2v) is 42.5. The Kier molecular flexibility index (Phi) is 13.4. The van der Waals surface area contributed by atoms with Gasteiger partial charge in [0.15, 0.2) is 45.5 Å². The van der Waals surface area contributed by atoms with Crippen molar-refractivity contribution in [3.05, 3.63) is 0 Å². The molecule has 0 aromatic carbocycles. The SMILES string of the molecule is C[Si](C)(C)OC(=O)[C@@H](O[Si](C)(C)C)[C@H](O[Si](C)(C)C)[C@H](O[Si](C)(C)C)[C@@H](O[Si](C)(C)C)C(=O)O[Si](C)(C)C. The molecular weight excluding hydrogens is 585 g/mol. The molecular formula is C24H58O8Si6. The molecule has 226 valence electrons. The highest BCUT2D eigenvalue weighted by molar-refractivity contribution is 6.73. The lowest BCUT2D eigenvalue weighted by Crippen LogP contribution is -2.62. The second-order valence-electron chi connectivity index (χ2n) is 15.8. The summed E-state index contributed by atoms with van der Waals surface area (Å²) in [5.41, 5.74) is 0. The van der Waals surface area contributed by atoms with Crippen molar-refractivity contribution in [2.24, 2.45) is 0 Å². The molecule has 0 aromatic rings. The molecule has 0 aliphatic rings. The fourth-order valence-corrected chi connectivity index (χ4v) is 8.97. The maximum atomic E-state index is 13.8. The summed E-state index contributed by atoms with van der Waals surface area (Å²) < 4.78 is 38.6. The van der Waals surface area contributed by atoms with Crippen LogP contribution in [-0.2, 0) is 36.1 Å². The number of hydrogen-bond donors (Lipinski definition) is 0. The average Bonchev–Trinajstić information content (AvgIpc) is 2.54. The van der Waals surface area contributed by atoms with Crippen LogP contribution in [0.15, 0.2) is 0 Å². The largest absolute Gasteiger partial charge is 0.518 e. The van der Waals surface area contributed by atoms with Crippen LogP contribution in [0.1, 0.15) is 0 Å². The van der Waals surface area contributed by atoms with Crippen LogP contribution in [0.25, 0.3) is 0 Å². The molecule has 0 saturated carbocycles. The highest BCUT2D eigenvalue weighted by Crippen LogP contribution is 2.30. The van der Waals surface area contributed by atoms with E-state index in [4.69, 9.17) is 26.6 Å². The van der Waals surface area contributed by atoms with Crippen molar-refractivity contribution in [2.45, 2.75) is 142 Å². The number of hydrogen-bond acceptors (Lipinski definition) is 8. The van der Waals surface area contributed by atoms with Gasteiger partial charge in [-0.1, -0.05) is 0 Å². The summed E-state index contributed by atoms with van der Waals surface area (Å²) in [6.45, 7) is 36.2. The Balaban J connectivity index is 7.27. The predicted molar refractivity (Wildman–Crippen MR) is 172 cm³/mol. The van der Waals surface area contributed by atoms with E-state index in [1.165, 1.54) is 0 Å². The Morgan fingerprint density at radius 2 is 0.579 bits per heavy atom. The third-order valence-corrected chi connectivity index (χ3v) is 9.65. The Bertz CT molecular complexity index is 717. The molecule has 0 heterocycles. The van der Waals surface area contributed by atoms with E-state index in [9.17, 15) is 9.59 Å². The summed E-state index contributed by atoms with van der Waals surface area (Å²) >= 11 is 0. The van der Waals surface area contributed by atoms with Gasteiger partial charge in [-0.2, -0.15) is 0 Å². The summed E-state index contributed by atoms with van der Waals surface area (Å²) in [4.78, 5) is 27.6. The van der Waals surface area contributed by atoms with Gasteiger partial charge in [-0.25, -0.2) is 0 Å². The molecule has 0 radical (unpaired) electrons. The van der Waals surface area contributed by atoms with E-state index >= 15 is 0 Å². The van der Waals surface area contributed by atoms with Crippen LogP contribution in [-0.4, -0.2) is 86.3 Å². The molecule has 38 heavy (non-hydrogen) atoms. The monoisotopic (exact) mass is 642 g/mol. The van der Waals surface area contributed by atoms with Crippen LogP contribution < -0.4 is 0 Å². The van der Waals surface area contributed by atoms with Crippen LogP contribution in [0.3, 0.4) is 0 Å². The molecule has 0 saturated heterocycles. The number of carbonyl (C=O) groups excluding carboxylic acids is 2. The summed E-state index contributed by atoms with van der Waals surface area (Å²) in [5.74, 6) is -0.936. The lowest BCUT2D eigenvalue weighted by atomic mass is 10.0. The molecule has 0 rings (SSSR count). The maximum Gasteiger partial charge on any atom is 0.323 e. The maximum absolute atomic E-state index is 13.8. The first-order valence-corrected chi connectivity index (χ1v) is 34.0. The molecule has 0 aliphatic carbocycles. The Morgan fingerprint density at radius 3 is 0.737 bits per heavy atom. The van der Waals surface area contributed by atoms with Crippen molar-refractivity contribution in [3.63, 3.8) is 0 Å². The predicted octanol–water partition coefficient (Wildman–Crippen LogP) is 6.62. The molecule has 0 fully saturated rings. The van der Waals surface area contributed by atoms with Gasteiger partial charge < -0.3 is 26.6 Å². The third-order valence-electron chi connectivity index (χ3n) is 4.14.